The molecule has 39 heavy (non-hydrogen) atoms. The lowest BCUT2D eigenvalue weighted by atomic mass is 9.99. The SMILES string of the molecule is CCOC(=O)c1oc2cc(OC(=O)c3cccc(OC)c3)c(CC)cc2c(=O)c1-c1ccc2c(c1)OCCO2. The van der Waals surface area contributed by atoms with Gasteiger partial charge < -0.3 is 28.1 Å². The van der Waals surface area contributed by atoms with Gasteiger partial charge in [-0.25, -0.2) is 9.59 Å². The Bertz CT molecular complexity index is 1630. The van der Waals surface area contributed by atoms with Gasteiger partial charge in [0.25, 0.3) is 0 Å². The number of carbonyl (C=O) groups is 2. The summed E-state index contributed by atoms with van der Waals surface area (Å²) in [5, 5.41) is 0.228. The lowest BCUT2D eigenvalue weighted by Gasteiger charge is -2.19. The van der Waals surface area contributed by atoms with Gasteiger partial charge in [0.15, 0.2) is 11.5 Å². The summed E-state index contributed by atoms with van der Waals surface area (Å²) in [6.07, 6.45) is 0.467. The van der Waals surface area contributed by atoms with E-state index in [1.165, 1.54) is 13.2 Å². The van der Waals surface area contributed by atoms with Crippen molar-refractivity contribution in [2.75, 3.05) is 26.9 Å². The van der Waals surface area contributed by atoms with Crippen molar-refractivity contribution in [1.29, 1.82) is 0 Å². The van der Waals surface area contributed by atoms with Crippen LogP contribution in [0.15, 0.2) is 63.8 Å². The van der Waals surface area contributed by atoms with Crippen LogP contribution in [0.25, 0.3) is 22.1 Å². The number of carbonyl (C=O) groups excluding carboxylic acids is 2. The minimum Gasteiger partial charge on any atom is -0.497 e. The Hall–Kier alpha value is -4.79. The van der Waals surface area contributed by atoms with E-state index >= 15 is 0 Å². The highest BCUT2D eigenvalue weighted by Gasteiger charge is 2.26. The second-order valence-corrected chi connectivity index (χ2v) is 8.65. The quantitative estimate of drug-likeness (QED) is 0.235. The molecule has 0 N–H and O–H groups in total. The highest BCUT2D eigenvalue weighted by Crippen LogP contribution is 2.36. The molecule has 0 atom stereocenters. The Balaban J connectivity index is 1.64. The Labute approximate surface area is 223 Å². The summed E-state index contributed by atoms with van der Waals surface area (Å²) in [6, 6.07) is 14.6. The monoisotopic (exact) mass is 530 g/mol. The van der Waals surface area contributed by atoms with E-state index in [1.807, 2.05) is 6.92 Å². The van der Waals surface area contributed by atoms with Crippen molar-refractivity contribution in [3.05, 3.63) is 81.7 Å². The third kappa shape index (κ3) is 5.03. The number of benzene rings is 3. The maximum atomic E-state index is 13.9. The molecular weight excluding hydrogens is 504 g/mol. The summed E-state index contributed by atoms with van der Waals surface area (Å²) >= 11 is 0. The van der Waals surface area contributed by atoms with E-state index in [2.05, 4.69) is 0 Å². The Morgan fingerprint density at radius 2 is 1.72 bits per heavy atom. The van der Waals surface area contributed by atoms with Crippen LogP contribution < -0.4 is 24.4 Å². The first kappa shape index (κ1) is 25.8. The van der Waals surface area contributed by atoms with E-state index in [-0.39, 0.29) is 34.6 Å². The molecule has 0 fully saturated rings. The molecule has 0 spiro atoms. The summed E-state index contributed by atoms with van der Waals surface area (Å²) in [7, 11) is 1.51. The molecule has 0 radical (unpaired) electrons. The minimum atomic E-state index is -0.795. The van der Waals surface area contributed by atoms with Crippen molar-refractivity contribution in [2.45, 2.75) is 20.3 Å². The Morgan fingerprint density at radius 1 is 0.923 bits per heavy atom. The van der Waals surface area contributed by atoms with Crippen LogP contribution in [0.3, 0.4) is 0 Å². The molecule has 0 unspecified atom stereocenters. The third-order valence-corrected chi connectivity index (χ3v) is 6.25. The number of hydrogen-bond acceptors (Lipinski definition) is 9. The van der Waals surface area contributed by atoms with Gasteiger partial charge in [0.2, 0.25) is 11.2 Å². The fourth-order valence-electron chi connectivity index (χ4n) is 4.35. The van der Waals surface area contributed by atoms with Gasteiger partial charge in [-0.05, 0) is 60.9 Å². The molecule has 9 heteroatoms. The third-order valence-electron chi connectivity index (χ3n) is 6.25. The average molecular weight is 531 g/mol. The zero-order valence-corrected chi connectivity index (χ0v) is 21.7. The summed E-state index contributed by atoms with van der Waals surface area (Å²) in [5.41, 5.74) is 1.01. The van der Waals surface area contributed by atoms with Crippen LogP contribution >= 0.6 is 0 Å². The number of aryl methyl sites for hydroxylation is 1. The minimum absolute atomic E-state index is 0.0427. The second-order valence-electron chi connectivity index (χ2n) is 8.65. The molecule has 0 aliphatic carbocycles. The molecule has 1 aliphatic rings. The molecule has 9 nitrogen and oxygen atoms in total. The van der Waals surface area contributed by atoms with Gasteiger partial charge in [0, 0.05) is 6.07 Å². The smallest absolute Gasteiger partial charge is 0.375 e. The lowest BCUT2D eigenvalue weighted by molar-refractivity contribution is 0.0491. The van der Waals surface area contributed by atoms with Crippen molar-refractivity contribution in [1.82, 2.24) is 0 Å². The molecule has 0 saturated carbocycles. The molecule has 0 saturated heterocycles. The van der Waals surface area contributed by atoms with Crippen molar-refractivity contribution in [2.24, 2.45) is 0 Å². The topological polar surface area (TPSA) is 111 Å². The number of rotatable bonds is 7. The molecule has 3 aromatic carbocycles. The first-order valence-corrected chi connectivity index (χ1v) is 12.5. The first-order chi connectivity index (χ1) is 18.9. The lowest BCUT2D eigenvalue weighted by Crippen LogP contribution is -2.17. The highest BCUT2D eigenvalue weighted by molar-refractivity contribution is 5.98. The highest BCUT2D eigenvalue weighted by atomic mass is 16.6. The number of hydrogen-bond donors (Lipinski definition) is 0. The summed E-state index contributed by atoms with van der Waals surface area (Å²) in [4.78, 5) is 39.7. The van der Waals surface area contributed by atoms with E-state index in [9.17, 15) is 14.4 Å². The number of ether oxygens (including phenoxy) is 5. The molecule has 5 rings (SSSR count). The largest absolute Gasteiger partial charge is 0.497 e. The van der Waals surface area contributed by atoms with Crippen molar-refractivity contribution >= 4 is 22.9 Å². The standard InChI is InChI=1S/C30H26O9/c1-4-17-14-21-24(16-23(17)39-29(32)19-7-6-8-20(13-19)34-3)38-28(30(33)35-5-2)26(27(21)31)18-9-10-22-25(15-18)37-12-11-36-22/h6-10,13-16H,4-5,11-12H2,1-3H3. The maximum absolute atomic E-state index is 13.9. The van der Waals surface area contributed by atoms with E-state index < -0.39 is 17.4 Å². The van der Waals surface area contributed by atoms with Crippen LogP contribution in [0.4, 0.5) is 0 Å². The first-order valence-electron chi connectivity index (χ1n) is 12.5. The fraction of sp³-hybridized carbons (Fsp3) is 0.233. The summed E-state index contributed by atoms with van der Waals surface area (Å²) < 4.78 is 33.3. The molecule has 0 bridgehead atoms. The van der Waals surface area contributed by atoms with Crippen LogP contribution in [-0.4, -0.2) is 38.9 Å². The number of fused-ring (bicyclic) bond motifs is 2. The van der Waals surface area contributed by atoms with Crippen LogP contribution in [-0.2, 0) is 11.2 Å². The molecule has 1 aromatic heterocycles. The van der Waals surface area contributed by atoms with E-state index in [0.717, 1.165) is 0 Å². The zero-order chi connectivity index (χ0) is 27.5. The Morgan fingerprint density at radius 3 is 2.46 bits per heavy atom. The zero-order valence-electron chi connectivity index (χ0n) is 21.7. The Kier molecular flexibility index (Phi) is 7.23. The molecule has 2 heterocycles. The number of methoxy groups -OCH3 is 1. The van der Waals surface area contributed by atoms with E-state index in [0.29, 0.717) is 53.6 Å². The molecule has 200 valence electrons. The van der Waals surface area contributed by atoms with Gasteiger partial charge in [0.05, 0.1) is 30.2 Å². The molecule has 0 amide bonds. The summed E-state index contributed by atoms with van der Waals surface area (Å²) in [6.45, 7) is 4.40. The average Bonchev–Trinajstić information content (AvgIpc) is 2.96. The maximum Gasteiger partial charge on any atom is 0.375 e. The van der Waals surface area contributed by atoms with Gasteiger partial charge in [-0.3, -0.25) is 4.79 Å². The summed E-state index contributed by atoms with van der Waals surface area (Å²) in [5.74, 6) is 0.0593. The van der Waals surface area contributed by atoms with Crippen LogP contribution in [0, 0.1) is 0 Å². The van der Waals surface area contributed by atoms with Gasteiger partial charge in [-0.15, -0.1) is 0 Å². The predicted octanol–water partition coefficient (Wildman–Crippen LogP) is 5.20. The van der Waals surface area contributed by atoms with E-state index in [4.69, 9.17) is 28.1 Å². The van der Waals surface area contributed by atoms with Crippen molar-refractivity contribution in [3.63, 3.8) is 0 Å². The molecule has 4 aromatic rings. The predicted molar refractivity (Wildman–Crippen MR) is 142 cm³/mol. The van der Waals surface area contributed by atoms with Gasteiger partial charge in [-0.1, -0.05) is 19.1 Å². The van der Waals surface area contributed by atoms with Crippen molar-refractivity contribution in [3.8, 4) is 34.1 Å². The van der Waals surface area contributed by atoms with Crippen LogP contribution in [0.1, 0.15) is 40.3 Å². The van der Waals surface area contributed by atoms with Crippen LogP contribution in [0.2, 0.25) is 0 Å². The molecule has 1 aliphatic heterocycles. The number of esters is 2. The van der Waals surface area contributed by atoms with E-state index in [1.54, 1.807) is 55.5 Å². The van der Waals surface area contributed by atoms with Gasteiger partial charge >= 0.3 is 11.9 Å². The van der Waals surface area contributed by atoms with Gasteiger partial charge in [0.1, 0.15) is 30.3 Å². The van der Waals surface area contributed by atoms with Crippen molar-refractivity contribution < 1.29 is 37.7 Å². The van der Waals surface area contributed by atoms with Gasteiger partial charge in [-0.2, -0.15) is 0 Å². The second kappa shape index (κ2) is 10.9. The van der Waals surface area contributed by atoms with Crippen LogP contribution in [0.5, 0.6) is 23.0 Å². The normalized spacial score (nSPS) is 12.2. The molecular formula is C30H26O9. The fourth-order valence-corrected chi connectivity index (χ4v) is 4.35.